The lowest BCUT2D eigenvalue weighted by atomic mass is 9.94. The molecular weight excluding hydrogens is 198 g/mol. The van der Waals surface area contributed by atoms with Gasteiger partial charge in [0.1, 0.15) is 0 Å². The maximum absolute atomic E-state index is 3.36. The molecule has 1 aromatic heterocycles. The molecule has 3 nitrogen and oxygen atoms in total. The summed E-state index contributed by atoms with van der Waals surface area (Å²) < 4.78 is 0. The number of benzene rings is 1. The minimum atomic E-state index is 0.683. The normalized spacial score (nSPS) is 16.5. The van der Waals surface area contributed by atoms with Gasteiger partial charge in [0.25, 0.3) is 0 Å². The van der Waals surface area contributed by atoms with Crippen LogP contribution in [-0.2, 0) is 6.54 Å². The Labute approximate surface area is 95.2 Å². The third kappa shape index (κ3) is 1.84. The van der Waals surface area contributed by atoms with E-state index in [9.17, 15) is 0 Å². The van der Waals surface area contributed by atoms with Crippen molar-refractivity contribution < 1.29 is 0 Å². The molecule has 1 heterocycles. The molecule has 0 radical (unpaired) electrons. The molecule has 0 atom stereocenters. The van der Waals surface area contributed by atoms with E-state index in [1.165, 1.54) is 35.7 Å². The van der Waals surface area contributed by atoms with E-state index in [2.05, 4.69) is 40.1 Å². The van der Waals surface area contributed by atoms with Crippen LogP contribution >= 0.6 is 0 Å². The first-order valence-electron chi connectivity index (χ1n) is 5.97. The standard InChI is InChI=1S/C13H17N3/c1-3-10-7-8-14-13(10)11(4-1)9-15-16-12-5-2-6-12/h1,3-4,7-8,12,14-16H,2,5-6,9H2. The van der Waals surface area contributed by atoms with E-state index in [1.54, 1.807) is 0 Å². The van der Waals surface area contributed by atoms with Gasteiger partial charge in [-0.2, -0.15) is 0 Å². The van der Waals surface area contributed by atoms with Crippen LogP contribution in [0.2, 0.25) is 0 Å². The molecular formula is C13H17N3. The monoisotopic (exact) mass is 215 g/mol. The van der Waals surface area contributed by atoms with Crippen LogP contribution in [0.15, 0.2) is 30.5 Å². The number of nitrogens with one attached hydrogen (secondary N) is 3. The number of hydrogen-bond acceptors (Lipinski definition) is 2. The predicted molar refractivity (Wildman–Crippen MR) is 65.9 cm³/mol. The Kier molecular flexibility index (Phi) is 2.64. The van der Waals surface area contributed by atoms with Crippen LogP contribution in [0, 0.1) is 0 Å². The molecule has 0 unspecified atom stereocenters. The molecule has 2 aromatic rings. The van der Waals surface area contributed by atoms with Crippen molar-refractivity contribution >= 4 is 10.9 Å². The van der Waals surface area contributed by atoms with Gasteiger partial charge in [-0.15, -0.1) is 0 Å². The van der Waals surface area contributed by atoms with E-state index in [4.69, 9.17) is 0 Å². The Morgan fingerprint density at radius 2 is 2.19 bits per heavy atom. The molecule has 0 bridgehead atoms. The molecule has 3 N–H and O–H groups in total. The largest absolute Gasteiger partial charge is 0.361 e. The van der Waals surface area contributed by atoms with Crippen molar-refractivity contribution in [2.45, 2.75) is 31.8 Å². The van der Waals surface area contributed by atoms with E-state index >= 15 is 0 Å². The second-order valence-corrected chi connectivity index (χ2v) is 4.48. The van der Waals surface area contributed by atoms with Gasteiger partial charge in [-0.3, -0.25) is 10.9 Å². The highest BCUT2D eigenvalue weighted by atomic mass is 15.4. The summed E-state index contributed by atoms with van der Waals surface area (Å²) in [6, 6.07) is 9.19. The topological polar surface area (TPSA) is 39.8 Å². The van der Waals surface area contributed by atoms with E-state index in [1.807, 2.05) is 6.20 Å². The van der Waals surface area contributed by atoms with Gasteiger partial charge < -0.3 is 4.98 Å². The fourth-order valence-electron chi connectivity index (χ4n) is 2.14. The highest BCUT2D eigenvalue weighted by molar-refractivity contribution is 5.82. The molecule has 0 aliphatic heterocycles. The SMILES string of the molecule is c1cc(CNNC2CCC2)c2[nH]ccc2c1. The number of aromatic amines is 1. The first-order valence-corrected chi connectivity index (χ1v) is 5.97. The molecule has 1 fully saturated rings. The zero-order valence-electron chi connectivity index (χ0n) is 9.29. The van der Waals surface area contributed by atoms with Crippen molar-refractivity contribution in [3.63, 3.8) is 0 Å². The van der Waals surface area contributed by atoms with Crippen molar-refractivity contribution in [2.24, 2.45) is 0 Å². The Morgan fingerprint density at radius 1 is 1.25 bits per heavy atom. The van der Waals surface area contributed by atoms with Gasteiger partial charge in [-0.1, -0.05) is 24.6 Å². The molecule has 84 valence electrons. The lowest BCUT2D eigenvalue weighted by Crippen LogP contribution is -2.44. The summed E-state index contributed by atoms with van der Waals surface area (Å²) in [6.45, 7) is 0.869. The lowest BCUT2D eigenvalue weighted by Gasteiger charge is -2.26. The zero-order valence-corrected chi connectivity index (χ0v) is 9.29. The van der Waals surface area contributed by atoms with Crippen molar-refractivity contribution in [1.29, 1.82) is 0 Å². The predicted octanol–water partition coefficient (Wildman–Crippen LogP) is 2.31. The maximum atomic E-state index is 3.36. The van der Waals surface area contributed by atoms with Gasteiger partial charge in [0.15, 0.2) is 0 Å². The summed E-state index contributed by atoms with van der Waals surface area (Å²) in [7, 11) is 0. The fraction of sp³-hybridized carbons (Fsp3) is 0.385. The van der Waals surface area contributed by atoms with Crippen LogP contribution in [0.25, 0.3) is 10.9 Å². The lowest BCUT2D eigenvalue weighted by molar-refractivity contribution is 0.299. The third-order valence-corrected chi connectivity index (χ3v) is 3.36. The number of para-hydroxylation sites is 1. The smallest absolute Gasteiger partial charge is 0.0500 e. The average Bonchev–Trinajstić information content (AvgIpc) is 2.70. The molecule has 1 saturated carbocycles. The molecule has 0 saturated heterocycles. The average molecular weight is 215 g/mol. The van der Waals surface area contributed by atoms with Gasteiger partial charge in [-0.05, 0) is 29.9 Å². The Morgan fingerprint density at radius 3 is 3.00 bits per heavy atom. The maximum Gasteiger partial charge on any atom is 0.0500 e. The molecule has 3 rings (SSSR count). The first kappa shape index (κ1) is 9.87. The van der Waals surface area contributed by atoms with Crippen molar-refractivity contribution in [1.82, 2.24) is 15.8 Å². The number of fused-ring (bicyclic) bond motifs is 1. The Balaban J connectivity index is 1.66. The van der Waals surface area contributed by atoms with Crippen LogP contribution < -0.4 is 10.9 Å². The summed E-state index contributed by atoms with van der Waals surface area (Å²) in [5, 5.41) is 1.28. The van der Waals surface area contributed by atoms with Gasteiger partial charge in [0, 0.05) is 24.3 Å². The van der Waals surface area contributed by atoms with E-state index in [0.29, 0.717) is 6.04 Å². The van der Waals surface area contributed by atoms with E-state index < -0.39 is 0 Å². The number of hydrogen-bond donors (Lipinski definition) is 3. The van der Waals surface area contributed by atoms with Gasteiger partial charge >= 0.3 is 0 Å². The van der Waals surface area contributed by atoms with Crippen molar-refractivity contribution in [3.8, 4) is 0 Å². The molecule has 3 heteroatoms. The quantitative estimate of drug-likeness (QED) is 0.685. The number of hydrazine groups is 1. The number of H-pyrrole nitrogens is 1. The van der Waals surface area contributed by atoms with E-state index in [-0.39, 0.29) is 0 Å². The van der Waals surface area contributed by atoms with Crippen LogP contribution in [0.1, 0.15) is 24.8 Å². The van der Waals surface area contributed by atoms with Gasteiger partial charge in [-0.25, -0.2) is 0 Å². The minimum absolute atomic E-state index is 0.683. The molecule has 1 aliphatic carbocycles. The van der Waals surface area contributed by atoms with Crippen LogP contribution in [0.3, 0.4) is 0 Å². The van der Waals surface area contributed by atoms with Crippen LogP contribution in [0.4, 0.5) is 0 Å². The second-order valence-electron chi connectivity index (χ2n) is 4.48. The highest BCUT2D eigenvalue weighted by Gasteiger charge is 2.15. The van der Waals surface area contributed by atoms with Crippen molar-refractivity contribution in [2.75, 3.05) is 0 Å². The number of rotatable bonds is 4. The summed E-state index contributed by atoms with van der Waals surface area (Å²) in [4.78, 5) is 3.29. The number of aromatic nitrogens is 1. The second kappa shape index (κ2) is 4.28. The van der Waals surface area contributed by atoms with E-state index in [0.717, 1.165) is 6.54 Å². The first-order chi connectivity index (χ1) is 7.93. The summed E-state index contributed by atoms with van der Waals surface area (Å²) >= 11 is 0. The molecule has 0 amide bonds. The summed E-state index contributed by atoms with van der Waals surface area (Å²) in [5.74, 6) is 0. The zero-order chi connectivity index (χ0) is 10.8. The van der Waals surface area contributed by atoms with Crippen LogP contribution in [-0.4, -0.2) is 11.0 Å². The van der Waals surface area contributed by atoms with Gasteiger partial charge in [0.2, 0.25) is 0 Å². The Hall–Kier alpha value is -1.32. The summed E-state index contributed by atoms with van der Waals surface area (Å²) in [6.07, 6.45) is 5.97. The summed E-state index contributed by atoms with van der Waals surface area (Å²) in [5.41, 5.74) is 9.23. The third-order valence-electron chi connectivity index (χ3n) is 3.36. The minimum Gasteiger partial charge on any atom is -0.361 e. The molecule has 1 aromatic carbocycles. The highest BCUT2D eigenvalue weighted by Crippen LogP contribution is 2.18. The fourth-order valence-corrected chi connectivity index (χ4v) is 2.14. The molecule has 16 heavy (non-hydrogen) atoms. The molecule has 0 spiro atoms. The van der Waals surface area contributed by atoms with Crippen LogP contribution in [0.5, 0.6) is 0 Å². The molecule has 1 aliphatic rings. The van der Waals surface area contributed by atoms with Crippen molar-refractivity contribution in [3.05, 3.63) is 36.0 Å². The Bertz CT molecular complexity index is 471. The van der Waals surface area contributed by atoms with Gasteiger partial charge in [0.05, 0.1) is 0 Å².